The third-order valence-electron chi connectivity index (χ3n) is 2.00. The van der Waals surface area contributed by atoms with Crippen LogP contribution in [0.25, 0.3) is 0 Å². The summed E-state index contributed by atoms with van der Waals surface area (Å²) >= 11 is 0. The number of nitrogen functional groups attached to an aromatic ring is 1. The van der Waals surface area contributed by atoms with Crippen molar-refractivity contribution in [1.82, 2.24) is 15.1 Å². The lowest BCUT2D eigenvalue weighted by Gasteiger charge is -2.20. The van der Waals surface area contributed by atoms with E-state index in [1.165, 1.54) is 0 Å². The fraction of sp³-hybridized carbons (Fsp3) is 0.444. The highest BCUT2D eigenvalue weighted by atomic mass is 16.2. The van der Waals surface area contributed by atoms with Crippen LogP contribution in [-0.4, -0.2) is 34.1 Å². The van der Waals surface area contributed by atoms with Gasteiger partial charge in [-0.1, -0.05) is 0 Å². The van der Waals surface area contributed by atoms with Gasteiger partial charge in [0.15, 0.2) is 5.69 Å². The minimum absolute atomic E-state index is 0.141. The first-order valence-corrected chi connectivity index (χ1v) is 4.38. The number of carbonyl (C=O) groups excluding carboxylic acids is 1. The molecule has 1 amide bonds. The SMILES string of the molecule is CC(C)N(C)C(=O)c1ccc(N)nn1. The second-order valence-corrected chi connectivity index (χ2v) is 3.35. The summed E-state index contributed by atoms with van der Waals surface area (Å²) in [6, 6.07) is 3.28. The smallest absolute Gasteiger partial charge is 0.274 e. The van der Waals surface area contributed by atoms with E-state index in [1.807, 2.05) is 13.8 Å². The number of nitrogens with zero attached hydrogens (tertiary/aromatic N) is 3. The molecule has 76 valence electrons. The lowest BCUT2D eigenvalue weighted by atomic mass is 10.3. The van der Waals surface area contributed by atoms with E-state index in [-0.39, 0.29) is 11.9 Å². The van der Waals surface area contributed by atoms with E-state index in [4.69, 9.17) is 5.73 Å². The van der Waals surface area contributed by atoms with Crippen molar-refractivity contribution in [2.45, 2.75) is 19.9 Å². The van der Waals surface area contributed by atoms with Crippen molar-refractivity contribution in [3.05, 3.63) is 17.8 Å². The zero-order valence-electron chi connectivity index (χ0n) is 8.56. The Labute approximate surface area is 82.9 Å². The summed E-state index contributed by atoms with van der Waals surface area (Å²) in [5.41, 5.74) is 5.68. The Bertz CT molecular complexity index is 320. The lowest BCUT2D eigenvalue weighted by molar-refractivity contribution is 0.0748. The highest BCUT2D eigenvalue weighted by Gasteiger charge is 2.15. The summed E-state index contributed by atoms with van der Waals surface area (Å²) in [5, 5.41) is 7.34. The zero-order valence-corrected chi connectivity index (χ0v) is 8.56. The summed E-state index contributed by atoms with van der Waals surface area (Å²) < 4.78 is 0. The van der Waals surface area contributed by atoms with Crippen LogP contribution in [0.1, 0.15) is 24.3 Å². The third-order valence-corrected chi connectivity index (χ3v) is 2.00. The Kier molecular flexibility index (Phi) is 3.01. The molecule has 0 atom stereocenters. The van der Waals surface area contributed by atoms with Crippen LogP contribution in [0.3, 0.4) is 0 Å². The van der Waals surface area contributed by atoms with Gasteiger partial charge < -0.3 is 10.6 Å². The molecule has 0 fully saturated rings. The second-order valence-electron chi connectivity index (χ2n) is 3.35. The van der Waals surface area contributed by atoms with E-state index < -0.39 is 0 Å². The maximum Gasteiger partial charge on any atom is 0.274 e. The minimum Gasteiger partial charge on any atom is -0.382 e. The molecule has 0 aliphatic rings. The average molecular weight is 194 g/mol. The summed E-state index contributed by atoms with van der Waals surface area (Å²) in [7, 11) is 1.73. The van der Waals surface area contributed by atoms with Crippen LogP contribution in [0.15, 0.2) is 12.1 Å². The first-order valence-electron chi connectivity index (χ1n) is 4.38. The van der Waals surface area contributed by atoms with Gasteiger partial charge in [-0.3, -0.25) is 4.79 Å². The Morgan fingerprint density at radius 1 is 1.43 bits per heavy atom. The van der Waals surface area contributed by atoms with Crippen molar-refractivity contribution < 1.29 is 4.79 Å². The molecule has 0 spiro atoms. The average Bonchev–Trinajstić information content (AvgIpc) is 2.16. The molecule has 0 unspecified atom stereocenters. The first kappa shape index (κ1) is 10.4. The molecule has 0 aromatic carbocycles. The predicted octanol–water partition coefficient (Wildman–Crippen LogP) is 0.539. The number of hydrogen-bond acceptors (Lipinski definition) is 4. The molecule has 2 N–H and O–H groups in total. The van der Waals surface area contributed by atoms with Gasteiger partial charge in [-0.05, 0) is 26.0 Å². The maximum atomic E-state index is 11.7. The molecule has 0 saturated carbocycles. The fourth-order valence-electron chi connectivity index (χ4n) is 0.872. The van der Waals surface area contributed by atoms with Crippen LogP contribution in [0, 0.1) is 0 Å². The van der Waals surface area contributed by atoms with E-state index in [9.17, 15) is 4.79 Å². The van der Waals surface area contributed by atoms with Crippen molar-refractivity contribution in [2.24, 2.45) is 0 Å². The van der Waals surface area contributed by atoms with Gasteiger partial charge in [-0.2, -0.15) is 0 Å². The molecule has 5 nitrogen and oxygen atoms in total. The van der Waals surface area contributed by atoms with Crippen LogP contribution >= 0.6 is 0 Å². The van der Waals surface area contributed by atoms with Gasteiger partial charge in [0, 0.05) is 13.1 Å². The molecule has 1 aromatic rings. The van der Waals surface area contributed by atoms with E-state index in [0.717, 1.165) is 0 Å². The summed E-state index contributed by atoms with van der Waals surface area (Å²) in [6.45, 7) is 3.87. The molecular formula is C9H14N4O. The normalized spacial score (nSPS) is 10.3. The van der Waals surface area contributed by atoms with Crippen molar-refractivity contribution in [1.29, 1.82) is 0 Å². The van der Waals surface area contributed by atoms with Crippen molar-refractivity contribution in [3.63, 3.8) is 0 Å². The minimum atomic E-state index is -0.146. The van der Waals surface area contributed by atoms with E-state index in [2.05, 4.69) is 10.2 Å². The molecule has 0 bridgehead atoms. The highest BCUT2D eigenvalue weighted by Crippen LogP contribution is 2.03. The summed E-state index contributed by atoms with van der Waals surface area (Å²) in [4.78, 5) is 13.3. The van der Waals surface area contributed by atoms with Crippen LogP contribution < -0.4 is 5.73 Å². The van der Waals surface area contributed by atoms with Crippen LogP contribution in [0.4, 0.5) is 5.82 Å². The summed E-state index contributed by atoms with van der Waals surface area (Å²) in [6.07, 6.45) is 0. The van der Waals surface area contributed by atoms with Gasteiger partial charge in [0.05, 0.1) is 0 Å². The maximum absolute atomic E-state index is 11.7. The van der Waals surface area contributed by atoms with Crippen LogP contribution in [-0.2, 0) is 0 Å². The second kappa shape index (κ2) is 4.04. The Hall–Kier alpha value is -1.65. The molecule has 1 aromatic heterocycles. The van der Waals surface area contributed by atoms with Gasteiger partial charge in [0.25, 0.3) is 5.91 Å². The largest absolute Gasteiger partial charge is 0.382 e. The van der Waals surface area contributed by atoms with Crippen molar-refractivity contribution in [3.8, 4) is 0 Å². The molecule has 0 radical (unpaired) electrons. The van der Waals surface area contributed by atoms with Gasteiger partial charge in [-0.25, -0.2) is 0 Å². The van der Waals surface area contributed by atoms with Crippen molar-refractivity contribution in [2.75, 3.05) is 12.8 Å². The Morgan fingerprint density at radius 3 is 2.50 bits per heavy atom. The number of nitrogens with two attached hydrogens (primary N) is 1. The number of anilines is 1. The fourth-order valence-corrected chi connectivity index (χ4v) is 0.872. The number of aromatic nitrogens is 2. The number of rotatable bonds is 2. The molecule has 0 aliphatic carbocycles. The Morgan fingerprint density at radius 2 is 2.07 bits per heavy atom. The van der Waals surface area contributed by atoms with Crippen LogP contribution in [0.5, 0.6) is 0 Å². The molecule has 0 aliphatic heterocycles. The third kappa shape index (κ3) is 2.18. The first-order chi connectivity index (χ1) is 6.52. The number of amides is 1. The monoisotopic (exact) mass is 194 g/mol. The predicted molar refractivity (Wildman–Crippen MR) is 53.7 cm³/mol. The number of hydrogen-bond donors (Lipinski definition) is 1. The van der Waals surface area contributed by atoms with Crippen molar-refractivity contribution >= 4 is 11.7 Å². The molecular weight excluding hydrogens is 180 g/mol. The molecule has 14 heavy (non-hydrogen) atoms. The van der Waals surface area contributed by atoms with Gasteiger partial charge in [0.1, 0.15) is 5.82 Å². The zero-order chi connectivity index (χ0) is 10.7. The number of carbonyl (C=O) groups is 1. The van der Waals surface area contributed by atoms with Gasteiger partial charge >= 0.3 is 0 Å². The van der Waals surface area contributed by atoms with Crippen LogP contribution in [0.2, 0.25) is 0 Å². The molecule has 5 heteroatoms. The quantitative estimate of drug-likeness (QED) is 0.745. The molecule has 0 saturated heterocycles. The molecule has 1 heterocycles. The summed E-state index contributed by atoms with van der Waals surface area (Å²) in [5.74, 6) is 0.168. The van der Waals surface area contributed by atoms with E-state index in [1.54, 1.807) is 24.1 Å². The highest BCUT2D eigenvalue weighted by molar-refractivity contribution is 5.92. The van der Waals surface area contributed by atoms with E-state index >= 15 is 0 Å². The van der Waals surface area contributed by atoms with Gasteiger partial charge in [0.2, 0.25) is 0 Å². The Balaban J connectivity index is 2.84. The lowest BCUT2D eigenvalue weighted by Crippen LogP contribution is -2.33. The van der Waals surface area contributed by atoms with Gasteiger partial charge in [-0.15, -0.1) is 10.2 Å². The topological polar surface area (TPSA) is 72.1 Å². The standard InChI is InChI=1S/C9H14N4O/c1-6(2)13(3)9(14)7-4-5-8(10)12-11-7/h4-6H,1-3H3,(H2,10,12). The molecule has 1 rings (SSSR count). The van der Waals surface area contributed by atoms with E-state index in [0.29, 0.717) is 11.5 Å².